The predicted octanol–water partition coefficient (Wildman–Crippen LogP) is 6.48. The Hall–Kier alpha value is -1.29. The van der Waals surface area contributed by atoms with Gasteiger partial charge in [-0.2, -0.15) is 0 Å². The van der Waals surface area contributed by atoms with E-state index in [1.807, 2.05) is 43.3 Å². The molecule has 0 saturated heterocycles. The SMILES string of the molecule is CC=C(C=C(COc1ccccc1)C(C)(C)C)OC.C[SiH](C)[Ti][C]1=CC=CC1. The van der Waals surface area contributed by atoms with Crippen molar-refractivity contribution in [2.24, 2.45) is 5.41 Å². The second-order valence-corrected chi connectivity index (χ2v) is 18.4. The first kappa shape index (κ1) is 24.7. The van der Waals surface area contributed by atoms with Crippen LogP contribution in [0.3, 0.4) is 0 Å². The summed E-state index contributed by atoms with van der Waals surface area (Å²) in [5.74, 6) is 1.75. The van der Waals surface area contributed by atoms with Crippen molar-refractivity contribution in [2.75, 3.05) is 13.7 Å². The Labute approximate surface area is 182 Å². The molecule has 1 aromatic carbocycles. The zero-order valence-electron chi connectivity index (χ0n) is 18.6. The van der Waals surface area contributed by atoms with Gasteiger partial charge in [-0.15, -0.1) is 0 Å². The molecular formula is C24H36O2SiTi. The fourth-order valence-corrected chi connectivity index (χ4v) is 8.28. The summed E-state index contributed by atoms with van der Waals surface area (Å²) in [7, 11) is 1.68. The number of rotatable bonds is 7. The van der Waals surface area contributed by atoms with Crippen LogP contribution in [0.1, 0.15) is 34.1 Å². The molecule has 0 saturated carbocycles. The zero-order valence-corrected chi connectivity index (χ0v) is 21.3. The van der Waals surface area contributed by atoms with E-state index in [1.54, 1.807) is 11.0 Å². The van der Waals surface area contributed by atoms with Crippen LogP contribution in [0.5, 0.6) is 5.75 Å². The molecule has 1 aliphatic carbocycles. The molecule has 0 N–H and O–H groups in total. The summed E-state index contributed by atoms with van der Waals surface area (Å²) in [6, 6.07) is 9.86. The summed E-state index contributed by atoms with van der Waals surface area (Å²) < 4.78 is 12.9. The van der Waals surface area contributed by atoms with Crippen molar-refractivity contribution in [3.8, 4) is 5.75 Å². The summed E-state index contributed by atoms with van der Waals surface area (Å²) in [5.41, 5.74) is 1.24. The van der Waals surface area contributed by atoms with Crippen LogP contribution in [0.15, 0.2) is 75.9 Å². The van der Waals surface area contributed by atoms with Crippen molar-refractivity contribution in [2.45, 2.75) is 47.2 Å². The first-order chi connectivity index (χ1) is 13.3. The van der Waals surface area contributed by atoms with Gasteiger partial charge in [0.05, 0.1) is 7.11 Å². The number of methoxy groups -OCH3 is 1. The van der Waals surface area contributed by atoms with Crippen LogP contribution in [0.25, 0.3) is 0 Å². The summed E-state index contributed by atoms with van der Waals surface area (Å²) in [4.78, 5) is 0. The molecule has 0 spiro atoms. The molecule has 0 aliphatic heterocycles. The molecule has 0 unspecified atom stereocenters. The molecule has 28 heavy (non-hydrogen) atoms. The molecule has 0 atom stereocenters. The minimum absolute atomic E-state index is 0.0432. The van der Waals surface area contributed by atoms with Gasteiger partial charge in [-0.25, -0.2) is 0 Å². The first-order valence-corrected chi connectivity index (χ1v) is 16.3. The predicted molar refractivity (Wildman–Crippen MR) is 121 cm³/mol. The first-order valence-electron chi connectivity index (χ1n) is 9.97. The summed E-state index contributed by atoms with van der Waals surface area (Å²) in [5, 5.41) is 0. The van der Waals surface area contributed by atoms with Gasteiger partial charge in [0.2, 0.25) is 0 Å². The monoisotopic (exact) mass is 432 g/mol. The average Bonchev–Trinajstić information content (AvgIpc) is 3.14. The molecule has 0 fully saturated rings. The van der Waals surface area contributed by atoms with E-state index in [9.17, 15) is 0 Å². The van der Waals surface area contributed by atoms with Crippen molar-refractivity contribution >= 4 is 6.66 Å². The van der Waals surface area contributed by atoms with Gasteiger partial charge in [-0.3, -0.25) is 0 Å². The van der Waals surface area contributed by atoms with Gasteiger partial charge < -0.3 is 9.47 Å². The van der Waals surface area contributed by atoms with Gasteiger partial charge in [0.25, 0.3) is 0 Å². The van der Waals surface area contributed by atoms with Crippen molar-refractivity contribution < 1.29 is 27.9 Å². The Morgan fingerprint density at radius 2 is 1.86 bits per heavy atom. The Bertz CT molecular complexity index is 695. The maximum atomic E-state index is 5.83. The van der Waals surface area contributed by atoms with Crippen molar-refractivity contribution in [1.82, 2.24) is 0 Å². The van der Waals surface area contributed by atoms with Crippen molar-refractivity contribution in [1.29, 1.82) is 0 Å². The normalized spacial score (nSPS) is 14.4. The molecule has 0 aromatic heterocycles. The van der Waals surface area contributed by atoms with Gasteiger partial charge in [-0.1, -0.05) is 39.0 Å². The van der Waals surface area contributed by atoms with Gasteiger partial charge in [0.15, 0.2) is 0 Å². The number of hydrogen-bond acceptors (Lipinski definition) is 2. The number of ether oxygens (including phenoxy) is 2. The van der Waals surface area contributed by atoms with Crippen molar-refractivity contribution in [3.05, 3.63) is 75.9 Å². The van der Waals surface area contributed by atoms with Crippen LogP contribution in [-0.4, -0.2) is 20.4 Å². The molecule has 0 radical (unpaired) electrons. The van der Waals surface area contributed by atoms with Gasteiger partial charge >= 0.3 is 66.7 Å². The van der Waals surface area contributed by atoms with Crippen LogP contribution in [-0.2, 0) is 23.1 Å². The second-order valence-electron chi connectivity index (χ2n) is 8.04. The van der Waals surface area contributed by atoms with E-state index in [4.69, 9.17) is 9.47 Å². The van der Waals surface area contributed by atoms with Gasteiger partial charge in [-0.05, 0) is 42.2 Å². The number of para-hydroxylation sites is 1. The van der Waals surface area contributed by atoms with E-state index in [1.165, 1.54) is 12.0 Å². The maximum absolute atomic E-state index is 5.83. The fraction of sp³-hybridized carbons (Fsp3) is 0.417. The van der Waals surface area contributed by atoms with Gasteiger partial charge in [0, 0.05) is 0 Å². The second kappa shape index (κ2) is 13.0. The van der Waals surface area contributed by atoms with E-state index in [0.717, 1.165) is 11.5 Å². The standard InChI is InChI=1S/C17H24O2.C5H5.C2H7Si.Ti/c1-6-15(18-5)12-14(17(2,3)4)13-19-16-10-8-7-9-11-16;1-2-4-5-3-1;1-3-2;/h6-12H,13H2,1-5H3;1-3H,4H2;3H,1-2H3;. The van der Waals surface area contributed by atoms with Crippen LogP contribution >= 0.6 is 0 Å². The summed E-state index contributed by atoms with van der Waals surface area (Å²) in [6.07, 6.45) is 12.1. The van der Waals surface area contributed by atoms with E-state index >= 15 is 0 Å². The van der Waals surface area contributed by atoms with Crippen LogP contribution in [0.4, 0.5) is 0 Å². The molecule has 2 nitrogen and oxygen atoms in total. The average molecular weight is 433 g/mol. The van der Waals surface area contributed by atoms with E-state index in [2.05, 4.69) is 58.2 Å². The van der Waals surface area contributed by atoms with Crippen LogP contribution < -0.4 is 4.74 Å². The summed E-state index contributed by atoms with van der Waals surface area (Å²) >= 11 is 0.375. The molecule has 4 heteroatoms. The molecule has 2 rings (SSSR count). The zero-order chi connectivity index (χ0) is 21.0. The quantitative estimate of drug-likeness (QED) is 0.279. The molecule has 0 amide bonds. The Morgan fingerprint density at radius 1 is 1.18 bits per heavy atom. The fourth-order valence-electron chi connectivity index (χ4n) is 2.51. The third-order valence-corrected chi connectivity index (χ3v) is 10.2. The third kappa shape index (κ3) is 10.3. The molecule has 1 aliphatic rings. The number of allylic oxidation sites excluding steroid dienone is 6. The number of hydrogen-bond donors (Lipinski definition) is 0. The van der Waals surface area contributed by atoms with Crippen LogP contribution in [0.2, 0.25) is 13.1 Å². The van der Waals surface area contributed by atoms with E-state index < -0.39 is 0 Å². The molecule has 1 aromatic rings. The van der Waals surface area contributed by atoms with Crippen LogP contribution in [0, 0.1) is 5.41 Å². The molecule has 152 valence electrons. The van der Waals surface area contributed by atoms with E-state index in [-0.39, 0.29) is 12.1 Å². The Balaban J connectivity index is 0.000000362. The topological polar surface area (TPSA) is 18.5 Å². The van der Waals surface area contributed by atoms with Crippen molar-refractivity contribution in [3.63, 3.8) is 0 Å². The van der Waals surface area contributed by atoms with E-state index in [0.29, 0.717) is 25.0 Å². The minimum atomic E-state index is -0.207. The third-order valence-electron chi connectivity index (χ3n) is 4.18. The Kier molecular flexibility index (Phi) is 11.5. The Morgan fingerprint density at radius 3 is 2.32 bits per heavy atom. The molecular weight excluding hydrogens is 396 g/mol. The van der Waals surface area contributed by atoms with Gasteiger partial charge in [0.1, 0.15) is 18.1 Å². The summed E-state index contributed by atoms with van der Waals surface area (Å²) in [6.45, 7) is 13.8. The number of benzene rings is 1. The molecule has 0 bridgehead atoms. The molecule has 0 heterocycles.